The number of nitrogens with one attached hydrogen (secondary N) is 1. The molecule has 0 amide bonds. The highest BCUT2D eigenvalue weighted by molar-refractivity contribution is 6.33. The fraction of sp³-hybridized carbons (Fsp3) is 0.308. The Morgan fingerprint density at radius 3 is 2.07 bits per heavy atom. The van der Waals surface area contributed by atoms with Crippen molar-refractivity contribution in [2.75, 3.05) is 25.1 Å². The molecule has 1 heterocycles. The minimum atomic E-state index is 0.188. The molecule has 3 aromatic rings. The van der Waals surface area contributed by atoms with Gasteiger partial charge in [0.15, 0.2) is 0 Å². The fourth-order valence-electron chi connectivity index (χ4n) is 4.96. The highest BCUT2D eigenvalue weighted by Gasteiger charge is 2.43. The van der Waals surface area contributed by atoms with Gasteiger partial charge in [0.05, 0.1) is 10.7 Å². The molecular formula is C26H29ClN2O. The number of anilines is 1. The number of aliphatic hydroxyl groups excluding tert-OH is 1. The first kappa shape index (κ1) is 20.9. The van der Waals surface area contributed by atoms with Crippen LogP contribution in [0.5, 0.6) is 0 Å². The molecule has 1 saturated heterocycles. The summed E-state index contributed by atoms with van der Waals surface area (Å²) >= 11 is 6.57. The van der Waals surface area contributed by atoms with E-state index in [9.17, 15) is 5.11 Å². The maximum Gasteiger partial charge on any atom is 0.0639 e. The summed E-state index contributed by atoms with van der Waals surface area (Å²) in [5.74, 6) is 0.530. The zero-order chi connectivity index (χ0) is 20.9. The summed E-state index contributed by atoms with van der Waals surface area (Å²) in [7, 11) is 2.13. The third-order valence-corrected chi connectivity index (χ3v) is 6.64. The molecular weight excluding hydrogens is 392 g/mol. The van der Waals surface area contributed by atoms with Gasteiger partial charge in [-0.1, -0.05) is 84.4 Å². The number of hydrogen-bond donors (Lipinski definition) is 2. The number of hydrogen-bond acceptors (Lipinski definition) is 3. The number of aliphatic hydroxyl groups is 1. The maximum atomic E-state index is 9.74. The third kappa shape index (κ3) is 4.24. The SMILES string of the molecule is CN(c1ccccc1Cl)C1C(CCO)CNC1C(c1ccccc1)c1ccccc1. The van der Waals surface area contributed by atoms with Gasteiger partial charge >= 0.3 is 0 Å². The van der Waals surface area contributed by atoms with Gasteiger partial charge in [-0.2, -0.15) is 0 Å². The molecule has 0 saturated carbocycles. The van der Waals surface area contributed by atoms with Gasteiger partial charge in [0.2, 0.25) is 0 Å². The van der Waals surface area contributed by atoms with Gasteiger partial charge in [-0.15, -0.1) is 0 Å². The second-order valence-corrected chi connectivity index (χ2v) is 8.47. The van der Waals surface area contributed by atoms with Crippen molar-refractivity contribution >= 4 is 17.3 Å². The predicted octanol–water partition coefficient (Wildman–Crippen LogP) is 4.95. The lowest BCUT2D eigenvalue weighted by atomic mass is 9.79. The molecule has 0 spiro atoms. The quantitative estimate of drug-likeness (QED) is 0.567. The van der Waals surface area contributed by atoms with Crippen LogP contribution in [0.4, 0.5) is 5.69 Å². The smallest absolute Gasteiger partial charge is 0.0639 e. The molecule has 3 aromatic carbocycles. The van der Waals surface area contributed by atoms with E-state index in [-0.39, 0.29) is 24.6 Å². The molecule has 4 heteroatoms. The van der Waals surface area contributed by atoms with E-state index >= 15 is 0 Å². The normalized spacial score (nSPS) is 21.1. The van der Waals surface area contributed by atoms with E-state index in [0.29, 0.717) is 5.92 Å². The minimum Gasteiger partial charge on any atom is -0.396 e. The molecule has 2 N–H and O–H groups in total. The summed E-state index contributed by atoms with van der Waals surface area (Å²) in [4.78, 5) is 2.31. The average molecular weight is 421 g/mol. The zero-order valence-electron chi connectivity index (χ0n) is 17.3. The summed E-state index contributed by atoms with van der Waals surface area (Å²) < 4.78 is 0. The molecule has 1 aliphatic heterocycles. The number of rotatable bonds is 7. The number of benzene rings is 3. The van der Waals surface area contributed by atoms with E-state index in [4.69, 9.17) is 11.6 Å². The Bertz CT molecular complexity index is 895. The Labute approximate surface area is 184 Å². The maximum absolute atomic E-state index is 9.74. The first-order valence-corrected chi connectivity index (χ1v) is 11.0. The average Bonchev–Trinajstić information content (AvgIpc) is 3.19. The predicted molar refractivity (Wildman–Crippen MR) is 125 cm³/mol. The molecule has 0 bridgehead atoms. The summed E-state index contributed by atoms with van der Waals surface area (Å²) in [6.45, 7) is 1.06. The molecule has 156 valence electrons. The Morgan fingerprint density at radius 2 is 1.50 bits per heavy atom. The van der Waals surface area contributed by atoms with Crippen molar-refractivity contribution in [2.45, 2.75) is 24.4 Å². The Hall–Kier alpha value is -2.33. The summed E-state index contributed by atoms with van der Waals surface area (Å²) in [6, 6.07) is 29.8. The van der Waals surface area contributed by atoms with Crippen molar-refractivity contribution in [1.82, 2.24) is 5.32 Å². The standard InChI is InChI=1S/C26H29ClN2O/c1-29(23-15-9-8-14-22(23)27)26-21(16-17-30)18-28-25(26)24(19-10-4-2-5-11-19)20-12-6-3-7-13-20/h2-15,21,24-26,28,30H,16-18H2,1H3. The van der Waals surface area contributed by atoms with E-state index in [2.05, 4.69) is 84.0 Å². The highest BCUT2D eigenvalue weighted by Crippen LogP contribution is 2.39. The molecule has 1 fully saturated rings. The highest BCUT2D eigenvalue weighted by atomic mass is 35.5. The van der Waals surface area contributed by atoms with Gasteiger partial charge in [-0.25, -0.2) is 0 Å². The van der Waals surface area contributed by atoms with Gasteiger partial charge in [0, 0.05) is 38.2 Å². The Kier molecular flexibility index (Phi) is 6.73. The van der Waals surface area contributed by atoms with Crippen LogP contribution in [-0.4, -0.2) is 37.4 Å². The van der Waals surface area contributed by atoms with E-state index < -0.39 is 0 Å². The number of likely N-dealkylation sites (N-methyl/N-ethyl adjacent to an activating group) is 1. The largest absolute Gasteiger partial charge is 0.396 e. The molecule has 3 unspecified atom stereocenters. The lowest BCUT2D eigenvalue weighted by Crippen LogP contribution is -2.48. The Balaban J connectivity index is 1.77. The van der Waals surface area contributed by atoms with Crippen LogP contribution in [0.15, 0.2) is 84.9 Å². The first-order chi connectivity index (χ1) is 14.7. The van der Waals surface area contributed by atoms with Crippen LogP contribution < -0.4 is 10.2 Å². The van der Waals surface area contributed by atoms with Crippen LogP contribution in [0.2, 0.25) is 5.02 Å². The monoisotopic (exact) mass is 420 g/mol. The van der Waals surface area contributed by atoms with Crippen molar-refractivity contribution in [3.63, 3.8) is 0 Å². The summed E-state index contributed by atoms with van der Waals surface area (Å²) in [5, 5.41) is 14.3. The van der Waals surface area contributed by atoms with Crippen molar-refractivity contribution in [3.05, 3.63) is 101 Å². The van der Waals surface area contributed by atoms with Gasteiger partial charge in [0.25, 0.3) is 0 Å². The van der Waals surface area contributed by atoms with Crippen molar-refractivity contribution < 1.29 is 5.11 Å². The number of nitrogens with zero attached hydrogens (tertiary/aromatic N) is 1. The molecule has 0 aliphatic carbocycles. The topological polar surface area (TPSA) is 35.5 Å². The van der Waals surface area contributed by atoms with Crippen LogP contribution in [0.25, 0.3) is 0 Å². The van der Waals surface area contributed by atoms with Crippen LogP contribution in [0, 0.1) is 5.92 Å². The van der Waals surface area contributed by atoms with Crippen LogP contribution in [0.1, 0.15) is 23.5 Å². The van der Waals surface area contributed by atoms with E-state index in [0.717, 1.165) is 23.7 Å². The second-order valence-electron chi connectivity index (χ2n) is 8.06. The molecule has 3 atom stereocenters. The number of halogens is 1. The summed E-state index contributed by atoms with van der Waals surface area (Å²) in [5.41, 5.74) is 3.62. The van der Waals surface area contributed by atoms with Crippen LogP contribution in [0.3, 0.4) is 0 Å². The molecule has 30 heavy (non-hydrogen) atoms. The van der Waals surface area contributed by atoms with Gasteiger partial charge in [-0.05, 0) is 35.6 Å². The minimum absolute atomic E-state index is 0.188. The van der Waals surface area contributed by atoms with Gasteiger partial charge in [0.1, 0.15) is 0 Å². The number of para-hydroxylation sites is 1. The van der Waals surface area contributed by atoms with E-state index in [1.165, 1.54) is 11.1 Å². The van der Waals surface area contributed by atoms with Crippen molar-refractivity contribution in [2.24, 2.45) is 5.92 Å². The van der Waals surface area contributed by atoms with E-state index in [1.807, 2.05) is 18.2 Å². The molecule has 0 aromatic heterocycles. The third-order valence-electron chi connectivity index (χ3n) is 6.32. The van der Waals surface area contributed by atoms with E-state index in [1.54, 1.807) is 0 Å². The molecule has 3 nitrogen and oxygen atoms in total. The van der Waals surface area contributed by atoms with Crippen LogP contribution in [-0.2, 0) is 0 Å². The second kappa shape index (κ2) is 9.65. The Morgan fingerprint density at radius 1 is 0.933 bits per heavy atom. The summed E-state index contributed by atoms with van der Waals surface area (Å²) in [6.07, 6.45) is 0.763. The molecule has 1 aliphatic rings. The fourth-order valence-corrected chi connectivity index (χ4v) is 5.23. The molecule has 0 radical (unpaired) electrons. The van der Waals surface area contributed by atoms with Crippen LogP contribution >= 0.6 is 11.6 Å². The first-order valence-electron chi connectivity index (χ1n) is 10.6. The van der Waals surface area contributed by atoms with Gasteiger partial charge in [-0.3, -0.25) is 0 Å². The van der Waals surface area contributed by atoms with Gasteiger partial charge < -0.3 is 15.3 Å². The lowest BCUT2D eigenvalue weighted by molar-refractivity contribution is 0.251. The zero-order valence-corrected chi connectivity index (χ0v) is 18.0. The van der Waals surface area contributed by atoms with Crippen molar-refractivity contribution in [3.8, 4) is 0 Å². The molecule has 4 rings (SSSR count). The lowest BCUT2D eigenvalue weighted by Gasteiger charge is -2.39. The van der Waals surface area contributed by atoms with Crippen molar-refractivity contribution in [1.29, 1.82) is 0 Å².